The van der Waals surface area contributed by atoms with E-state index in [4.69, 9.17) is 28.3 Å². The van der Waals surface area contributed by atoms with Crippen molar-refractivity contribution in [1.29, 1.82) is 0 Å². The molecule has 7 heteroatoms. The summed E-state index contributed by atoms with van der Waals surface area (Å²) in [6.07, 6.45) is 1.06. The maximum absolute atomic E-state index is 5.90. The molecule has 2 aliphatic rings. The van der Waals surface area contributed by atoms with Gasteiger partial charge < -0.3 is 23.4 Å². The number of aromatic nitrogens is 1. The van der Waals surface area contributed by atoms with Crippen molar-refractivity contribution < 1.29 is 23.4 Å². The Morgan fingerprint density at radius 2 is 2.20 bits per heavy atom. The van der Waals surface area contributed by atoms with Gasteiger partial charge in [0.15, 0.2) is 11.5 Å². The fourth-order valence-corrected chi connectivity index (χ4v) is 3.19. The van der Waals surface area contributed by atoms with Gasteiger partial charge in [-0.15, -0.1) is 0 Å². The first kappa shape index (κ1) is 16.2. The Hall–Kier alpha value is -2.25. The van der Waals surface area contributed by atoms with Crippen LogP contribution in [0.15, 0.2) is 16.5 Å². The molecular weight excluding hydrogens is 324 g/mol. The van der Waals surface area contributed by atoms with Crippen LogP contribution in [0, 0.1) is 6.92 Å². The molecule has 0 saturated carbocycles. The van der Waals surface area contributed by atoms with Gasteiger partial charge in [-0.1, -0.05) is 0 Å². The second kappa shape index (κ2) is 6.57. The summed E-state index contributed by atoms with van der Waals surface area (Å²) in [5, 5.41) is 0. The van der Waals surface area contributed by atoms with E-state index in [9.17, 15) is 0 Å². The number of hydrogen-bond donors (Lipinski definition) is 0. The number of ether oxygens (including phenoxy) is 4. The molecule has 4 rings (SSSR count). The number of benzene rings is 1. The summed E-state index contributed by atoms with van der Waals surface area (Å²) in [5.74, 6) is 3.25. The van der Waals surface area contributed by atoms with Gasteiger partial charge in [-0.3, -0.25) is 4.90 Å². The van der Waals surface area contributed by atoms with E-state index in [-0.39, 0.29) is 6.79 Å². The number of aryl methyl sites for hydroxylation is 1. The predicted molar refractivity (Wildman–Crippen MR) is 90.0 cm³/mol. The standard InChI is InChI=1S/C18H22N2O5/c1-11-14(8-20(2)13-4-5-22-9-13)19-18(25-11)12-6-15(21-3)17-16(7-12)23-10-24-17/h6-7,13H,4-5,8-10H2,1-3H3. The summed E-state index contributed by atoms with van der Waals surface area (Å²) < 4.78 is 27.7. The smallest absolute Gasteiger partial charge is 0.231 e. The quantitative estimate of drug-likeness (QED) is 0.824. The second-order valence-electron chi connectivity index (χ2n) is 6.37. The van der Waals surface area contributed by atoms with Gasteiger partial charge in [-0.25, -0.2) is 4.98 Å². The zero-order valence-electron chi connectivity index (χ0n) is 14.7. The number of rotatable bonds is 5. The van der Waals surface area contributed by atoms with Crippen LogP contribution in [0.25, 0.3) is 11.5 Å². The molecule has 0 radical (unpaired) electrons. The Kier molecular flexibility index (Phi) is 4.27. The van der Waals surface area contributed by atoms with E-state index in [1.54, 1.807) is 7.11 Å². The van der Waals surface area contributed by atoms with Crippen LogP contribution in [0.2, 0.25) is 0 Å². The normalized spacial score (nSPS) is 19.0. The van der Waals surface area contributed by atoms with Gasteiger partial charge >= 0.3 is 0 Å². The highest BCUT2D eigenvalue weighted by Gasteiger charge is 2.25. The van der Waals surface area contributed by atoms with Crippen molar-refractivity contribution in [3.05, 3.63) is 23.6 Å². The lowest BCUT2D eigenvalue weighted by Gasteiger charge is -2.21. The highest BCUT2D eigenvalue weighted by molar-refractivity contribution is 5.66. The average molecular weight is 346 g/mol. The third kappa shape index (κ3) is 3.05. The molecule has 0 N–H and O–H groups in total. The van der Waals surface area contributed by atoms with Crippen LogP contribution in [0.1, 0.15) is 17.9 Å². The van der Waals surface area contributed by atoms with Crippen molar-refractivity contribution in [2.75, 3.05) is 34.2 Å². The Morgan fingerprint density at radius 1 is 1.32 bits per heavy atom. The molecule has 1 aromatic heterocycles. The number of likely N-dealkylation sites (N-methyl/N-ethyl adjacent to an activating group) is 1. The maximum Gasteiger partial charge on any atom is 0.231 e. The summed E-state index contributed by atoms with van der Waals surface area (Å²) in [7, 11) is 3.70. The molecule has 0 amide bonds. The van der Waals surface area contributed by atoms with Crippen molar-refractivity contribution in [3.63, 3.8) is 0 Å². The van der Waals surface area contributed by atoms with Crippen LogP contribution < -0.4 is 14.2 Å². The molecule has 7 nitrogen and oxygen atoms in total. The van der Waals surface area contributed by atoms with Gasteiger partial charge in [-0.2, -0.15) is 0 Å². The highest BCUT2D eigenvalue weighted by Crippen LogP contribution is 2.44. The minimum Gasteiger partial charge on any atom is -0.493 e. The summed E-state index contributed by atoms with van der Waals surface area (Å²) in [4.78, 5) is 6.96. The van der Waals surface area contributed by atoms with E-state index in [2.05, 4.69) is 11.9 Å². The molecule has 1 saturated heterocycles. The highest BCUT2D eigenvalue weighted by atomic mass is 16.7. The number of methoxy groups -OCH3 is 1. The summed E-state index contributed by atoms with van der Waals surface area (Å²) in [5.41, 5.74) is 1.74. The van der Waals surface area contributed by atoms with E-state index in [0.717, 1.165) is 43.2 Å². The molecule has 3 heterocycles. The first-order valence-electron chi connectivity index (χ1n) is 8.38. The van der Waals surface area contributed by atoms with Crippen LogP contribution in [0.3, 0.4) is 0 Å². The molecule has 2 aromatic rings. The Labute approximate surface area is 146 Å². The van der Waals surface area contributed by atoms with Gasteiger partial charge in [0.1, 0.15) is 5.76 Å². The van der Waals surface area contributed by atoms with Crippen LogP contribution in [-0.2, 0) is 11.3 Å². The van der Waals surface area contributed by atoms with Crippen molar-refractivity contribution in [1.82, 2.24) is 9.88 Å². The fourth-order valence-electron chi connectivity index (χ4n) is 3.19. The fraction of sp³-hybridized carbons (Fsp3) is 0.500. The largest absolute Gasteiger partial charge is 0.493 e. The molecule has 0 spiro atoms. The maximum atomic E-state index is 5.90. The van der Waals surface area contributed by atoms with Gasteiger partial charge in [0.25, 0.3) is 0 Å². The first-order valence-corrected chi connectivity index (χ1v) is 8.38. The zero-order valence-corrected chi connectivity index (χ0v) is 14.7. The summed E-state index contributed by atoms with van der Waals surface area (Å²) >= 11 is 0. The lowest BCUT2D eigenvalue weighted by atomic mass is 10.2. The third-order valence-corrected chi connectivity index (χ3v) is 4.73. The molecule has 0 aliphatic carbocycles. The van der Waals surface area contributed by atoms with Crippen molar-refractivity contribution in [3.8, 4) is 28.7 Å². The zero-order chi connectivity index (χ0) is 17.4. The Bertz CT molecular complexity index is 767. The minimum absolute atomic E-state index is 0.194. The number of hydrogen-bond acceptors (Lipinski definition) is 7. The summed E-state index contributed by atoms with van der Waals surface area (Å²) in [6, 6.07) is 4.16. The number of fused-ring (bicyclic) bond motifs is 1. The molecule has 25 heavy (non-hydrogen) atoms. The van der Waals surface area contributed by atoms with E-state index in [1.165, 1.54) is 0 Å². The van der Waals surface area contributed by atoms with E-state index in [0.29, 0.717) is 29.2 Å². The van der Waals surface area contributed by atoms with Crippen molar-refractivity contribution in [2.45, 2.75) is 25.9 Å². The topological polar surface area (TPSA) is 66.2 Å². The lowest BCUT2D eigenvalue weighted by molar-refractivity contribution is 0.155. The molecule has 134 valence electrons. The van der Waals surface area contributed by atoms with Crippen LogP contribution in [0.4, 0.5) is 0 Å². The van der Waals surface area contributed by atoms with Crippen molar-refractivity contribution in [2.24, 2.45) is 0 Å². The number of nitrogens with zero attached hydrogens (tertiary/aromatic N) is 2. The molecule has 1 aromatic carbocycles. The number of oxazole rings is 1. The third-order valence-electron chi connectivity index (χ3n) is 4.73. The summed E-state index contributed by atoms with van der Waals surface area (Å²) in [6.45, 7) is 4.47. The molecule has 1 unspecified atom stereocenters. The van der Waals surface area contributed by atoms with Crippen LogP contribution >= 0.6 is 0 Å². The minimum atomic E-state index is 0.194. The molecule has 0 bridgehead atoms. The van der Waals surface area contributed by atoms with Gasteiger partial charge in [0.05, 0.1) is 19.4 Å². The van der Waals surface area contributed by atoms with Crippen molar-refractivity contribution >= 4 is 0 Å². The first-order chi connectivity index (χ1) is 12.2. The molecule has 2 aliphatic heterocycles. The Morgan fingerprint density at radius 3 is 2.96 bits per heavy atom. The Balaban J connectivity index is 1.59. The van der Waals surface area contributed by atoms with Gasteiger partial charge in [0.2, 0.25) is 18.4 Å². The SMILES string of the molecule is COc1cc(-c2nc(CN(C)C3CCOC3)c(C)o2)cc2c1OCO2. The molecule has 1 atom stereocenters. The average Bonchev–Trinajstić information content (AvgIpc) is 3.35. The lowest BCUT2D eigenvalue weighted by Crippen LogP contribution is -2.31. The second-order valence-corrected chi connectivity index (χ2v) is 6.37. The van der Waals surface area contributed by atoms with Crippen LogP contribution in [0.5, 0.6) is 17.2 Å². The predicted octanol–water partition coefficient (Wildman–Crippen LogP) is 2.61. The van der Waals surface area contributed by atoms with E-state index < -0.39 is 0 Å². The van der Waals surface area contributed by atoms with E-state index in [1.807, 2.05) is 19.1 Å². The monoisotopic (exact) mass is 346 g/mol. The van der Waals surface area contributed by atoms with Crippen LogP contribution in [-0.4, -0.2) is 50.1 Å². The van der Waals surface area contributed by atoms with Gasteiger partial charge in [0, 0.05) is 24.8 Å². The van der Waals surface area contributed by atoms with E-state index >= 15 is 0 Å². The van der Waals surface area contributed by atoms with Gasteiger partial charge in [-0.05, 0) is 32.5 Å². The molecule has 1 fully saturated rings. The molecular formula is C18H22N2O5.